The van der Waals surface area contributed by atoms with E-state index >= 15 is 0 Å². The van der Waals surface area contributed by atoms with Gasteiger partial charge in [0.05, 0.1) is 12.3 Å². The molecule has 1 atom stereocenters. The lowest BCUT2D eigenvalue weighted by Gasteiger charge is -2.15. The average Bonchev–Trinajstić information content (AvgIpc) is 2.55. The van der Waals surface area contributed by atoms with E-state index in [-0.39, 0.29) is 5.91 Å². The summed E-state index contributed by atoms with van der Waals surface area (Å²) in [5.74, 6) is 0.652. The second-order valence-electron chi connectivity index (χ2n) is 3.12. The van der Waals surface area contributed by atoms with Crippen LogP contribution in [-0.2, 0) is 11.2 Å². The summed E-state index contributed by atoms with van der Waals surface area (Å²) in [6, 6.07) is 3.08. The second-order valence-corrected chi connectivity index (χ2v) is 3.12. The van der Waals surface area contributed by atoms with Crippen LogP contribution in [0.5, 0.6) is 0 Å². The van der Waals surface area contributed by atoms with Gasteiger partial charge in [-0.05, 0) is 12.1 Å². The Labute approximate surface area is 77.3 Å². The summed E-state index contributed by atoms with van der Waals surface area (Å²) in [5.41, 5.74) is 5.66. The highest BCUT2D eigenvalue weighted by Crippen LogP contribution is 2.03. The summed E-state index contributed by atoms with van der Waals surface area (Å²) in [5, 5.41) is 0. The minimum atomic E-state index is -0.513. The van der Waals surface area contributed by atoms with E-state index in [0.717, 1.165) is 5.76 Å². The fraction of sp³-hybridized carbons (Fsp3) is 0.444. The first-order chi connectivity index (χ1) is 6.11. The number of nitrogens with zero attached hydrogens (tertiary/aromatic N) is 1. The first-order valence-corrected chi connectivity index (χ1v) is 4.10. The molecule has 0 fully saturated rings. The molecule has 1 unspecified atom stereocenters. The molecular formula is C9H14N2O2. The Bertz CT molecular complexity index is 267. The van der Waals surface area contributed by atoms with Gasteiger partial charge in [0.2, 0.25) is 5.91 Å². The first-order valence-electron chi connectivity index (χ1n) is 4.10. The Kier molecular flexibility index (Phi) is 3.08. The van der Waals surface area contributed by atoms with E-state index in [9.17, 15) is 4.79 Å². The molecule has 0 saturated carbocycles. The lowest BCUT2D eigenvalue weighted by molar-refractivity contribution is -0.130. The number of hydrogen-bond acceptors (Lipinski definition) is 3. The zero-order valence-corrected chi connectivity index (χ0v) is 7.86. The van der Waals surface area contributed by atoms with Crippen LogP contribution in [0, 0.1) is 0 Å². The average molecular weight is 182 g/mol. The fourth-order valence-corrected chi connectivity index (χ4v) is 1.06. The van der Waals surface area contributed by atoms with Gasteiger partial charge in [-0.15, -0.1) is 0 Å². The lowest BCUT2D eigenvalue weighted by Crippen LogP contribution is -2.41. The van der Waals surface area contributed by atoms with Crippen molar-refractivity contribution in [2.24, 2.45) is 5.73 Å². The number of furan rings is 1. The maximum absolute atomic E-state index is 11.3. The van der Waals surface area contributed by atoms with Gasteiger partial charge in [0.1, 0.15) is 5.76 Å². The van der Waals surface area contributed by atoms with Crippen molar-refractivity contribution in [2.75, 3.05) is 14.1 Å². The summed E-state index contributed by atoms with van der Waals surface area (Å²) in [6.45, 7) is 0. The zero-order valence-electron chi connectivity index (χ0n) is 7.86. The molecule has 1 heterocycles. The molecule has 0 bridgehead atoms. The van der Waals surface area contributed by atoms with E-state index in [1.165, 1.54) is 4.90 Å². The molecule has 1 aromatic rings. The summed E-state index contributed by atoms with van der Waals surface area (Å²) < 4.78 is 5.08. The molecule has 1 aromatic heterocycles. The molecule has 0 aromatic carbocycles. The molecule has 2 N–H and O–H groups in total. The van der Waals surface area contributed by atoms with Gasteiger partial charge >= 0.3 is 0 Å². The van der Waals surface area contributed by atoms with E-state index in [1.807, 2.05) is 6.07 Å². The van der Waals surface area contributed by atoms with E-state index in [4.69, 9.17) is 10.2 Å². The van der Waals surface area contributed by atoms with Gasteiger partial charge in [-0.2, -0.15) is 0 Å². The van der Waals surface area contributed by atoms with Gasteiger partial charge in [0, 0.05) is 20.5 Å². The van der Waals surface area contributed by atoms with Gasteiger partial charge in [0.25, 0.3) is 0 Å². The van der Waals surface area contributed by atoms with Crippen LogP contribution in [0.4, 0.5) is 0 Å². The van der Waals surface area contributed by atoms with Crippen molar-refractivity contribution >= 4 is 5.91 Å². The Morgan fingerprint density at radius 3 is 2.85 bits per heavy atom. The summed E-state index contributed by atoms with van der Waals surface area (Å²) in [4.78, 5) is 12.8. The Morgan fingerprint density at radius 2 is 2.38 bits per heavy atom. The van der Waals surface area contributed by atoms with E-state index in [1.54, 1.807) is 26.4 Å². The molecule has 4 heteroatoms. The third kappa shape index (κ3) is 2.59. The van der Waals surface area contributed by atoms with Crippen LogP contribution in [0.15, 0.2) is 22.8 Å². The smallest absolute Gasteiger partial charge is 0.239 e. The van der Waals surface area contributed by atoms with Crippen molar-refractivity contribution < 1.29 is 9.21 Å². The van der Waals surface area contributed by atoms with Crippen molar-refractivity contribution in [3.05, 3.63) is 24.2 Å². The SMILES string of the molecule is CN(C)C(=O)C(N)Cc1ccco1. The largest absolute Gasteiger partial charge is 0.469 e. The monoisotopic (exact) mass is 182 g/mol. The van der Waals surface area contributed by atoms with Crippen molar-refractivity contribution in [1.82, 2.24) is 4.90 Å². The van der Waals surface area contributed by atoms with Gasteiger partial charge in [-0.1, -0.05) is 0 Å². The molecule has 72 valence electrons. The highest BCUT2D eigenvalue weighted by molar-refractivity contribution is 5.81. The normalized spacial score (nSPS) is 12.5. The van der Waals surface area contributed by atoms with Crippen LogP contribution in [0.1, 0.15) is 5.76 Å². The number of hydrogen-bond donors (Lipinski definition) is 1. The number of carbonyl (C=O) groups excluding carboxylic acids is 1. The molecule has 13 heavy (non-hydrogen) atoms. The molecule has 0 aliphatic heterocycles. The predicted molar refractivity (Wildman–Crippen MR) is 49.1 cm³/mol. The molecule has 0 aliphatic rings. The van der Waals surface area contributed by atoms with E-state index in [2.05, 4.69) is 0 Å². The van der Waals surface area contributed by atoms with Crippen LogP contribution in [0.25, 0.3) is 0 Å². The molecule has 4 nitrogen and oxygen atoms in total. The van der Waals surface area contributed by atoms with Gasteiger partial charge in [0.15, 0.2) is 0 Å². The van der Waals surface area contributed by atoms with Crippen molar-refractivity contribution in [3.63, 3.8) is 0 Å². The van der Waals surface area contributed by atoms with Crippen molar-refractivity contribution in [2.45, 2.75) is 12.5 Å². The third-order valence-corrected chi connectivity index (χ3v) is 1.76. The first kappa shape index (κ1) is 9.80. The minimum absolute atomic E-state index is 0.0867. The number of amides is 1. The predicted octanol–water partition coefficient (Wildman–Crippen LogP) is 0.238. The maximum atomic E-state index is 11.3. The van der Waals surface area contributed by atoms with Crippen LogP contribution in [0.2, 0.25) is 0 Å². The summed E-state index contributed by atoms with van der Waals surface area (Å²) in [6.07, 6.45) is 2.02. The molecular weight excluding hydrogens is 168 g/mol. The summed E-state index contributed by atoms with van der Waals surface area (Å²) in [7, 11) is 3.37. The molecule has 1 rings (SSSR count). The molecule has 0 saturated heterocycles. The third-order valence-electron chi connectivity index (χ3n) is 1.76. The van der Waals surface area contributed by atoms with Crippen molar-refractivity contribution in [3.8, 4) is 0 Å². The van der Waals surface area contributed by atoms with E-state index in [0.29, 0.717) is 6.42 Å². The van der Waals surface area contributed by atoms with Crippen LogP contribution >= 0.6 is 0 Å². The highest BCUT2D eigenvalue weighted by atomic mass is 16.3. The van der Waals surface area contributed by atoms with Crippen LogP contribution < -0.4 is 5.73 Å². The quantitative estimate of drug-likeness (QED) is 0.728. The van der Waals surface area contributed by atoms with Gasteiger partial charge in [-0.3, -0.25) is 4.79 Å². The molecule has 0 aliphatic carbocycles. The number of carbonyl (C=O) groups is 1. The topological polar surface area (TPSA) is 59.5 Å². The van der Waals surface area contributed by atoms with Crippen molar-refractivity contribution in [1.29, 1.82) is 0 Å². The lowest BCUT2D eigenvalue weighted by atomic mass is 10.1. The second kappa shape index (κ2) is 4.09. The summed E-state index contributed by atoms with van der Waals surface area (Å²) >= 11 is 0. The highest BCUT2D eigenvalue weighted by Gasteiger charge is 2.16. The maximum Gasteiger partial charge on any atom is 0.239 e. The van der Waals surface area contributed by atoms with Crippen LogP contribution in [0.3, 0.4) is 0 Å². The fourth-order valence-electron chi connectivity index (χ4n) is 1.06. The Hall–Kier alpha value is -1.29. The zero-order chi connectivity index (χ0) is 9.84. The number of nitrogens with two attached hydrogens (primary N) is 1. The minimum Gasteiger partial charge on any atom is -0.469 e. The number of rotatable bonds is 3. The van der Waals surface area contributed by atoms with Crippen LogP contribution in [-0.4, -0.2) is 30.9 Å². The molecule has 0 radical (unpaired) electrons. The molecule has 0 spiro atoms. The Balaban J connectivity index is 2.51. The van der Waals surface area contributed by atoms with E-state index < -0.39 is 6.04 Å². The number of likely N-dealkylation sites (N-methyl/N-ethyl adjacent to an activating group) is 1. The molecule has 1 amide bonds. The Morgan fingerprint density at radius 1 is 1.69 bits per heavy atom. The van der Waals surface area contributed by atoms with Gasteiger partial charge < -0.3 is 15.1 Å². The van der Waals surface area contributed by atoms with Gasteiger partial charge in [-0.25, -0.2) is 0 Å². The standard InChI is InChI=1S/C9H14N2O2/c1-11(2)9(12)8(10)6-7-4-3-5-13-7/h3-5,8H,6,10H2,1-2H3.